The van der Waals surface area contributed by atoms with E-state index in [0.29, 0.717) is 12.0 Å². The summed E-state index contributed by atoms with van der Waals surface area (Å²) in [5.41, 5.74) is 0.592. The normalized spacial score (nSPS) is 13.9. The molecule has 5 heteroatoms. The first-order valence-corrected chi connectivity index (χ1v) is 7.43. The van der Waals surface area contributed by atoms with Crippen LogP contribution in [0.15, 0.2) is 24.3 Å². The Morgan fingerprint density at radius 3 is 2.52 bits per heavy atom. The number of aliphatic hydroxyl groups is 1. The molecule has 0 radical (unpaired) electrons. The molecule has 0 spiro atoms. The molecule has 0 aliphatic carbocycles. The molecule has 21 heavy (non-hydrogen) atoms. The zero-order chi connectivity index (χ0) is 15.7. The SMILES string of the molecule is CCCCCNC(CCC(=O)O)C(O)c1ccc(F)cc1. The lowest BCUT2D eigenvalue weighted by atomic mass is 9.98. The first-order chi connectivity index (χ1) is 10.0. The minimum Gasteiger partial charge on any atom is -0.481 e. The van der Waals surface area contributed by atoms with Gasteiger partial charge in [0.25, 0.3) is 0 Å². The first-order valence-electron chi connectivity index (χ1n) is 7.43. The minimum absolute atomic E-state index is 0.0102. The van der Waals surface area contributed by atoms with E-state index in [-0.39, 0.29) is 18.3 Å². The monoisotopic (exact) mass is 297 g/mol. The number of carboxylic acids is 1. The molecule has 0 aliphatic heterocycles. The van der Waals surface area contributed by atoms with Crippen LogP contribution >= 0.6 is 0 Å². The van der Waals surface area contributed by atoms with Gasteiger partial charge in [0.1, 0.15) is 5.82 Å². The molecule has 3 N–H and O–H groups in total. The van der Waals surface area contributed by atoms with E-state index >= 15 is 0 Å². The van der Waals surface area contributed by atoms with Crippen molar-refractivity contribution in [2.24, 2.45) is 0 Å². The number of aliphatic carboxylic acids is 1. The second-order valence-corrected chi connectivity index (χ2v) is 5.20. The zero-order valence-electron chi connectivity index (χ0n) is 12.4. The Hall–Kier alpha value is -1.46. The van der Waals surface area contributed by atoms with Gasteiger partial charge < -0.3 is 15.5 Å². The molecule has 2 unspecified atom stereocenters. The standard InChI is InChI=1S/C16H24FNO3/c1-2-3-4-11-18-14(9-10-15(19)20)16(21)12-5-7-13(17)8-6-12/h5-8,14,16,18,21H,2-4,9-11H2,1H3,(H,19,20). The molecular formula is C16H24FNO3. The second-order valence-electron chi connectivity index (χ2n) is 5.20. The van der Waals surface area contributed by atoms with Crippen LogP contribution < -0.4 is 5.32 Å². The van der Waals surface area contributed by atoms with Crippen LogP contribution in [0, 0.1) is 5.82 Å². The van der Waals surface area contributed by atoms with Gasteiger partial charge in [0, 0.05) is 12.5 Å². The lowest BCUT2D eigenvalue weighted by Crippen LogP contribution is -2.36. The largest absolute Gasteiger partial charge is 0.481 e. The summed E-state index contributed by atoms with van der Waals surface area (Å²) in [6.07, 6.45) is 2.65. The number of benzene rings is 1. The van der Waals surface area contributed by atoms with Crippen molar-refractivity contribution in [3.63, 3.8) is 0 Å². The quantitative estimate of drug-likeness (QED) is 0.581. The van der Waals surface area contributed by atoms with E-state index in [1.165, 1.54) is 24.3 Å². The van der Waals surface area contributed by atoms with Gasteiger partial charge in [0.15, 0.2) is 0 Å². The van der Waals surface area contributed by atoms with Gasteiger partial charge in [-0.05, 0) is 37.1 Å². The molecule has 118 valence electrons. The summed E-state index contributed by atoms with van der Waals surface area (Å²) in [5.74, 6) is -1.24. The third kappa shape index (κ3) is 6.69. The van der Waals surface area contributed by atoms with E-state index in [9.17, 15) is 14.3 Å². The maximum atomic E-state index is 12.9. The lowest BCUT2D eigenvalue weighted by molar-refractivity contribution is -0.137. The lowest BCUT2D eigenvalue weighted by Gasteiger charge is -2.24. The van der Waals surface area contributed by atoms with E-state index in [1.54, 1.807) is 0 Å². The number of carboxylic acid groups (broad SMARTS) is 1. The average molecular weight is 297 g/mol. The van der Waals surface area contributed by atoms with Gasteiger partial charge in [-0.1, -0.05) is 31.9 Å². The Bertz CT molecular complexity index is 422. The maximum absolute atomic E-state index is 12.9. The van der Waals surface area contributed by atoms with Crippen molar-refractivity contribution in [1.29, 1.82) is 0 Å². The molecule has 0 aromatic heterocycles. The smallest absolute Gasteiger partial charge is 0.303 e. The van der Waals surface area contributed by atoms with Crippen LogP contribution in [0.4, 0.5) is 4.39 Å². The molecule has 0 bridgehead atoms. The van der Waals surface area contributed by atoms with Crippen molar-refractivity contribution < 1.29 is 19.4 Å². The molecular weight excluding hydrogens is 273 g/mol. The molecule has 1 aromatic carbocycles. The molecule has 1 aromatic rings. The Morgan fingerprint density at radius 2 is 1.95 bits per heavy atom. The predicted octanol–water partition coefficient (Wildman–Crippen LogP) is 2.87. The van der Waals surface area contributed by atoms with Crippen LogP contribution in [0.3, 0.4) is 0 Å². The Kier molecular flexibility index (Phi) is 7.93. The topological polar surface area (TPSA) is 69.6 Å². The van der Waals surface area contributed by atoms with Gasteiger partial charge in [-0.3, -0.25) is 4.79 Å². The van der Waals surface area contributed by atoms with Crippen molar-refractivity contribution in [3.8, 4) is 0 Å². The van der Waals surface area contributed by atoms with Crippen LogP contribution in [0.25, 0.3) is 0 Å². The van der Waals surface area contributed by atoms with Gasteiger partial charge in [-0.2, -0.15) is 0 Å². The van der Waals surface area contributed by atoms with E-state index < -0.39 is 12.1 Å². The fourth-order valence-corrected chi connectivity index (χ4v) is 2.21. The van der Waals surface area contributed by atoms with Crippen molar-refractivity contribution in [1.82, 2.24) is 5.32 Å². The van der Waals surface area contributed by atoms with Gasteiger partial charge in [0.2, 0.25) is 0 Å². The van der Waals surface area contributed by atoms with Gasteiger partial charge >= 0.3 is 5.97 Å². The van der Waals surface area contributed by atoms with Crippen molar-refractivity contribution in [2.45, 2.75) is 51.2 Å². The molecule has 0 saturated heterocycles. The van der Waals surface area contributed by atoms with E-state index in [2.05, 4.69) is 12.2 Å². The summed E-state index contributed by atoms with van der Waals surface area (Å²) >= 11 is 0. The Morgan fingerprint density at radius 1 is 1.29 bits per heavy atom. The number of rotatable bonds is 10. The number of carbonyl (C=O) groups is 1. The highest BCUT2D eigenvalue weighted by molar-refractivity contribution is 5.66. The number of hydrogen-bond acceptors (Lipinski definition) is 3. The second kappa shape index (κ2) is 9.47. The van der Waals surface area contributed by atoms with Gasteiger partial charge in [-0.25, -0.2) is 4.39 Å². The summed E-state index contributed by atoms with van der Waals surface area (Å²) in [6.45, 7) is 2.84. The molecule has 1 rings (SSSR count). The highest BCUT2D eigenvalue weighted by Gasteiger charge is 2.21. The van der Waals surface area contributed by atoms with Crippen molar-refractivity contribution in [2.75, 3.05) is 6.54 Å². The zero-order valence-corrected chi connectivity index (χ0v) is 12.4. The molecule has 0 fully saturated rings. The summed E-state index contributed by atoms with van der Waals surface area (Å²) in [6, 6.07) is 5.31. The summed E-state index contributed by atoms with van der Waals surface area (Å²) in [7, 11) is 0. The third-order valence-electron chi connectivity index (χ3n) is 3.45. The van der Waals surface area contributed by atoms with E-state index in [0.717, 1.165) is 25.8 Å². The number of aliphatic hydroxyl groups excluding tert-OH is 1. The van der Waals surface area contributed by atoms with Crippen LogP contribution in [0.1, 0.15) is 50.7 Å². The third-order valence-corrected chi connectivity index (χ3v) is 3.45. The highest BCUT2D eigenvalue weighted by Crippen LogP contribution is 2.20. The van der Waals surface area contributed by atoms with Crippen molar-refractivity contribution >= 4 is 5.97 Å². The molecule has 0 aliphatic rings. The highest BCUT2D eigenvalue weighted by atomic mass is 19.1. The van der Waals surface area contributed by atoms with Crippen LogP contribution in [0.2, 0.25) is 0 Å². The Balaban J connectivity index is 2.63. The molecule has 0 amide bonds. The fourth-order valence-electron chi connectivity index (χ4n) is 2.21. The van der Waals surface area contributed by atoms with Gasteiger partial charge in [-0.15, -0.1) is 0 Å². The fraction of sp³-hybridized carbons (Fsp3) is 0.562. The van der Waals surface area contributed by atoms with Gasteiger partial charge in [0.05, 0.1) is 6.10 Å². The maximum Gasteiger partial charge on any atom is 0.303 e. The predicted molar refractivity (Wildman–Crippen MR) is 79.5 cm³/mol. The van der Waals surface area contributed by atoms with E-state index in [1.807, 2.05) is 0 Å². The van der Waals surface area contributed by atoms with E-state index in [4.69, 9.17) is 5.11 Å². The number of nitrogens with one attached hydrogen (secondary N) is 1. The average Bonchev–Trinajstić information content (AvgIpc) is 2.46. The van der Waals surface area contributed by atoms with Crippen LogP contribution in [0.5, 0.6) is 0 Å². The molecule has 0 heterocycles. The van der Waals surface area contributed by atoms with Crippen LogP contribution in [-0.4, -0.2) is 28.8 Å². The minimum atomic E-state index is -0.887. The number of unbranched alkanes of at least 4 members (excludes halogenated alkanes) is 2. The summed E-state index contributed by atoms with van der Waals surface area (Å²) in [4.78, 5) is 10.7. The molecule has 0 saturated carbocycles. The summed E-state index contributed by atoms with van der Waals surface area (Å²) in [5, 5.41) is 22.4. The first kappa shape index (κ1) is 17.6. The van der Waals surface area contributed by atoms with Crippen LogP contribution in [-0.2, 0) is 4.79 Å². The molecule has 2 atom stereocenters. The number of halogens is 1. The molecule has 4 nitrogen and oxygen atoms in total. The summed E-state index contributed by atoms with van der Waals surface area (Å²) < 4.78 is 12.9. The Labute approximate surface area is 125 Å². The van der Waals surface area contributed by atoms with Crippen molar-refractivity contribution in [3.05, 3.63) is 35.6 Å². The number of hydrogen-bond donors (Lipinski definition) is 3.